The number of anilines is 1. The van der Waals surface area contributed by atoms with Crippen LogP contribution in [0.15, 0.2) is 24.3 Å². The molecule has 5 N–H and O–H groups in total. The number of hydrogen-bond donors (Lipinski definition) is 4. The SMILES string of the molecule is Nc1ccc(C[C@H]2CN(CC(=O)O)CCN(CC(=O)O)CCN2CC(=O)O)cc1. The second kappa shape index (κ2) is 10.7. The minimum Gasteiger partial charge on any atom is -0.480 e. The van der Waals surface area contributed by atoms with E-state index < -0.39 is 17.9 Å². The van der Waals surface area contributed by atoms with Crippen LogP contribution in [0, 0.1) is 0 Å². The van der Waals surface area contributed by atoms with Crippen LogP contribution >= 0.6 is 0 Å². The molecule has 0 spiro atoms. The number of benzene rings is 1. The Morgan fingerprint density at radius 3 is 1.93 bits per heavy atom. The Balaban J connectivity index is 2.26. The molecule has 1 aromatic rings. The zero-order chi connectivity index (χ0) is 21.4. The van der Waals surface area contributed by atoms with E-state index in [0.29, 0.717) is 44.8 Å². The fourth-order valence-corrected chi connectivity index (χ4v) is 3.54. The number of carboxylic acid groups (broad SMARTS) is 3. The fourth-order valence-electron chi connectivity index (χ4n) is 3.54. The number of carbonyl (C=O) groups is 3. The highest BCUT2D eigenvalue weighted by molar-refractivity contribution is 5.70. The molecule has 0 unspecified atom stereocenters. The van der Waals surface area contributed by atoms with Crippen molar-refractivity contribution in [2.45, 2.75) is 12.5 Å². The summed E-state index contributed by atoms with van der Waals surface area (Å²) in [6.45, 7) is 1.34. The summed E-state index contributed by atoms with van der Waals surface area (Å²) in [4.78, 5) is 39.1. The molecule has 1 saturated heterocycles. The molecule has 1 aliphatic rings. The molecular weight excluding hydrogens is 380 g/mol. The van der Waals surface area contributed by atoms with Crippen molar-refractivity contribution in [3.05, 3.63) is 29.8 Å². The van der Waals surface area contributed by atoms with Crippen LogP contribution in [-0.2, 0) is 20.8 Å². The maximum absolute atomic E-state index is 11.4. The van der Waals surface area contributed by atoms with Gasteiger partial charge in [-0.05, 0) is 24.1 Å². The summed E-state index contributed by atoms with van der Waals surface area (Å²) in [5.41, 5.74) is 7.33. The van der Waals surface area contributed by atoms with E-state index in [-0.39, 0.29) is 25.7 Å². The molecule has 0 radical (unpaired) electrons. The minimum atomic E-state index is -0.985. The molecule has 1 aromatic carbocycles. The van der Waals surface area contributed by atoms with Crippen molar-refractivity contribution in [1.82, 2.24) is 14.7 Å². The predicted molar refractivity (Wildman–Crippen MR) is 106 cm³/mol. The first kappa shape index (κ1) is 22.6. The van der Waals surface area contributed by atoms with Crippen LogP contribution in [0.1, 0.15) is 5.56 Å². The topological polar surface area (TPSA) is 148 Å². The van der Waals surface area contributed by atoms with Crippen molar-refractivity contribution in [2.75, 3.05) is 58.1 Å². The summed E-state index contributed by atoms with van der Waals surface area (Å²) < 4.78 is 0. The maximum Gasteiger partial charge on any atom is 0.317 e. The molecule has 1 fully saturated rings. The molecule has 0 amide bonds. The van der Waals surface area contributed by atoms with Crippen LogP contribution < -0.4 is 5.73 Å². The first-order chi connectivity index (χ1) is 13.7. The van der Waals surface area contributed by atoms with Gasteiger partial charge < -0.3 is 21.1 Å². The molecular formula is C19H28N4O6. The standard InChI is InChI=1S/C19H28N4O6/c20-15-3-1-14(2-4-15)9-16-10-22(12-18(26)27)6-5-21(11-17(24)25)7-8-23(16)13-19(28)29/h1-4,16H,5-13,20H2,(H,24,25)(H,26,27)(H,28,29)/t16-/m0/s1. The Morgan fingerprint density at radius 2 is 1.34 bits per heavy atom. The van der Waals surface area contributed by atoms with Crippen molar-refractivity contribution >= 4 is 23.6 Å². The first-order valence-electron chi connectivity index (χ1n) is 9.41. The van der Waals surface area contributed by atoms with Crippen LogP contribution in [0.5, 0.6) is 0 Å². The summed E-state index contributed by atoms with van der Waals surface area (Å²) in [6.07, 6.45) is 0.530. The summed E-state index contributed by atoms with van der Waals surface area (Å²) in [7, 11) is 0. The highest BCUT2D eigenvalue weighted by Gasteiger charge is 2.27. The molecule has 1 atom stereocenters. The number of rotatable bonds is 8. The monoisotopic (exact) mass is 408 g/mol. The number of carboxylic acids is 3. The molecule has 1 heterocycles. The largest absolute Gasteiger partial charge is 0.480 e. The molecule has 0 bridgehead atoms. The molecule has 2 rings (SSSR count). The van der Waals surface area contributed by atoms with Crippen LogP contribution in [0.2, 0.25) is 0 Å². The molecule has 0 aromatic heterocycles. The van der Waals surface area contributed by atoms with Crippen molar-refractivity contribution in [3.8, 4) is 0 Å². The van der Waals surface area contributed by atoms with Gasteiger partial charge in [0.25, 0.3) is 0 Å². The Labute approximate surface area is 169 Å². The first-order valence-corrected chi connectivity index (χ1v) is 9.41. The lowest BCUT2D eigenvalue weighted by Crippen LogP contribution is -2.49. The minimum absolute atomic E-state index is 0.176. The number of nitrogens with zero attached hydrogens (tertiary/aromatic N) is 3. The van der Waals surface area contributed by atoms with E-state index >= 15 is 0 Å². The van der Waals surface area contributed by atoms with Gasteiger partial charge >= 0.3 is 17.9 Å². The molecule has 29 heavy (non-hydrogen) atoms. The Hall–Kier alpha value is -2.69. The lowest BCUT2D eigenvalue weighted by atomic mass is 10.0. The number of nitrogen functional groups attached to an aromatic ring is 1. The zero-order valence-electron chi connectivity index (χ0n) is 16.2. The zero-order valence-corrected chi connectivity index (χ0v) is 16.2. The van der Waals surface area contributed by atoms with Crippen molar-refractivity contribution < 1.29 is 29.7 Å². The van der Waals surface area contributed by atoms with Gasteiger partial charge in [0.2, 0.25) is 0 Å². The van der Waals surface area contributed by atoms with Crippen molar-refractivity contribution in [3.63, 3.8) is 0 Å². The van der Waals surface area contributed by atoms with Gasteiger partial charge in [0.15, 0.2) is 0 Å². The van der Waals surface area contributed by atoms with Crippen molar-refractivity contribution in [2.24, 2.45) is 0 Å². The molecule has 10 nitrogen and oxygen atoms in total. The maximum atomic E-state index is 11.4. The highest BCUT2D eigenvalue weighted by atomic mass is 16.4. The summed E-state index contributed by atoms with van der Waals surface area (Å²) in [6, 6.07) is 7.06. The summed E-state index contributed by atoms with van der Waals surface area (Å²) >= 11 is 0. The predicted octanol–water partition coefficient (Wildman–Crippen LogP) is -0.647. The molecule has 0 saturated carbocycles. The Morgan fingerprint density at radius 1 is 0.828 bits per heavy atom. The van der Waals surface area contributed by atoms with E-state index in [1.165, 1.54) is 0 Å². The number of hydrogen-bond acceptors (Lipinski definition) is 7. The Kier molecular flexibility index (Phi) is 8.37. The average molecular weight is 408 g/mol. The molecule has 1 aliphatic heterocycles. The average Bonchev–Trinajstić information content (AvgIpc) is 2.68. The highest BCUT2D eigenvalue weighted by Crippen LogP contribution is 2.15. The van der Waals surface area contributed by atoms with E-state index in [1.807, 2.05) is 12.1 Å². The smallest absolute Gasteiger partial charge is 0.317 e. The van der Waals surface area contributed by atoms with Gasteiger partial charge in [-0.25, -0.2) is 0 Å². The second-order valence-electron chi connectivity index (χ2n) is 7.26. The van der Waals surface area contributed by atoms with Gasteiger partial charge in [0.1, 0.15) is 0 Å². The number of aliphatic carboxylic acids is 3. The fraction of sp³-hybridized carbons (Fsp3) is 0.526. The number of nitrogens with two attached hydrogens (primary N) is 1. The molecule has 160 valence electrons. The van der Waals surface area contributed by atoms with Crippen LogP contribution in [0.25, 0.3) is 0 Å². The van der Waals surface area contributed by atoms with E-state index in [1.54, 1.807) is 26.8 Å². The van der Waals surface area contributed by atoms with Gasteiger partial charge in [-0.1, -0.05) is 12.1 Å². The third kappa shape index (κ3) is 8.06. The third-order valence-corrected chi connectivity index (χ3v) is 4.93. The van der Waals surface area contributed by atoms with Crippen LogP contribution in [0.4, 0.5) is 5.69 Å². The van der Waals surface area contributed by atoms with Gasteiger partial charge in [0, 0.05) is 44.5 Å². The summed E-state index contributed by atoms with van der Waals surface area (Å²) in [5.74, 6) is -2.94. The van der Waals surface area contributed by atoms with Gasteiger partial charge in [-0.3, -0.25) is 29.1 Å². The van der Waals surface area contributed by atoms with Gasteiger partial charge in [-0.2, -0.15) is 0 Å². The van der Waals surface area contributed by atoms with E-state index in [2.05, 4.69) is 0 Å². The van der Waals surface area contributed by atoms with Crippen LogP contribution in [0.3, 0.4) is 0 Å². The van der Waals surface area contributed by atoms with Gasteiger partial charge in [-0.15, -0.1) is 0 Å². The van der Waals surface area contributed by atoms with E-state index in [9.17, 15) is 24.6 Å². The van der Waals surface area contributed by atoms with Crippen LogP contribution in [-0.4, -0.2) is 106 Å². The van der Waals surface area contributed by atoms with E-state index in [4.69, 9.17) is 10.8 Å². The van der Waals surface area contributed by atoms with Gasteiger partial charge in [0.05, 0.1) is 19.6 Å². The lowest BCUT2D eigenvalue weighted by molar-refractivity contribution is -0.140. The molecule has 0 aliphatic carbocycles. The second-order valence-corrected chi connectivity index (χ2v) is 7.26. The van der Waals surface area contributed by atoms with Crippen molar-refractivity contribution in [1.29, 1.82) is 0 Å². The van der Waals surface area contributed by atoms with E-state index in [0.717, 1.165) is 5.56 Å². The third-order valence-electron chi connectivity index (χ3n) is 4.93. The molecule has 10 heteroatoms. The normalized spacial score (nSPS) is 19.8. The lowest BCUT2D eigenvalue weighted by Gasteiger charge is -2.33. The quantitative estimate of drug-likeness (QED) is 0.409. The summed E-state index contributed by atoms with van der Waals surface area (Å²) in [5, 5.41) is 27.7. The Bertz CT molecular complexity index is 711.